The van der Waals surface area contributed by atoms with E-state index in [4.69, 9.17) is 11.5 Å². The van der Waals surface area contributed by atoms with Gasteiger partial charge in [-0.2, -0.15) is 11.8 Å². The molecule has 9 rings (SSSR count). The zero-order chi connectivity index (χ0) is 64.7. The smallest absolute Gasteiger partial charge is 0.251 e. The van der Waals surface area contributed by atoms with Gasteiger partial charge in [-0.25, -0.2) is 0 Å². The first-order valence-electron chi connectivity index (χ1n) is 32.5. The first kappa shape index (κ1) is 68.9. The third kappa shape index (κ3) is 23.6. The molecule has 2 saturated carbocycles. The van der Waals surface area contributed by atoms with E-state index < -0.39 is 47.8 Å². The molecule has 2 aliphatic carbocycles. The number of hydrogen-bond donors (Lipinski definition) is 7. The number of para-hydroxylation sites is 1. The molecule has 4 atom stereocenters. The summed E-state index contributed by atoms with van der Waals surface area (Å²) in [5.41, 5.74) is 16.6. The molecule has 2 aliphatic heterocycles. The molecule has 0 unspecified atom stereocenters. The number of carbonyl (C=O) groups excluding carboxylic acids is 9. The Kier molecular flexibility index (Phi) is 26.5. The fourth-order valence-corrected chi connectivity index (χ4v) is 12.6. The van der Waals surface area contributed by atoms with Crippen LogP contribution >= 0.6 is 11.8 Å². The van der Waals surface area contributed by atoms with E-state index in [1.165, 1.54) is 31.4 Å². The van der Waals surface area contributed by atoms with E-state index in [0.29, 0.717) is 55.7 Å². The van der Waals surface area contributed by atoms with Gasteiger partial charge in [0.1, 0.15) is 0 Å². The number of carbonyl (C=O) groups is 9. The van der Waals surface area contributed by atoms with Crippen molar-refractivity contribution < 1.29 is 43.2 Å². The van der Waals surface area contributed by atoms with Gasteiger partial charge in [-0.1, -0.05) is 111 Å². The summed E-state index contributed by atoms with van der Waals surface area (Å²) in [6.45, 7) is 2.78. The molecule has 4 aromatic carbocycles. The van der Waals surface area contributed by atoms with Gasteiger partial charge in [0, 0.05) is 92.1 Å². The Labute approximate surface area is 539 Å². The van der Waals surface area contributed by atoms with Crippen molar-refractivity contribution in [1.29, 1.82) is 0 Å². The van der Waals surface area contributed by atoms with Gasteiger partial charge in [0.15, 0.2) is 0 Å². The van der Waals surface area contributed by atoms with Gasteiger partial charge in [0.2, 0.25) is 47.3 Å². The van der Waals surface area contributed by atoms with E-state index in [9.17, 15) is 43.2 Å². The fraction of sp³-hybridized carbons (Fsp3) is 0.500. The summed E-state index contributed by atoms with van der Waals surface area (Å²) in [6.07, 6.45) is 9.11. The minimum absolute atomic E-state index is 0.0226. The number of H-pyrrole nitrogens is 1. The van der Waals surface area contributed by atoms with Crippen molar-refractivity contribution in [3.05, 3.63) is 143 Å². The molecule has 9 amide bonds. The zero-order valence-electron chi connectivity index (χ0n) is 52.9. The SMILES string of the molecule is CC(C)CCC(=O)N1CC(=O)N[C@@H](Cc2ccccc2)CN(CC(N)=O)C(=O)CCSCc2ccc(cc2)C(=O)N[C@@H](Cc2ccccc2)CN(C(=O)CC2CC2)CC(=O)N[C@@H](Cc2c[nH]c3ccccc23)CN(C(=O)CC2CC2)CC(=O)N[C@@H](CCCCN)C1. The average Bonchev–Trinajstić information content (AvgIpc) is 2.26. The summed E-state index contributed by atoms with van der Waals surface area (Å²) < 4.78 is 0. The number of nitrogens with zero attached hydrogens (tertiary/aromatic N) is 4. The second kappa shape index (κ2) is 35.0. The van der Waals surface area contributed by atoms with Gasteiger partial charge in [-0.05, 0) is 129 Å². The van der Waals surface area contributed by atoms with Gasteiger partial charge in [-0.3, -0.25) is 43.2 Å². The summed E-state index contributed by atoms with van der Waals surface area (Å²) in [5.74, 6) is -2.26. The Balaban J connectivity index is 1.14. The van der Waals surface area contributed by atoms with Crippen LogP contribution in [0.3, 0.4) is 0 Å². The van der Waals surface area contributed by atoms with Crippen molar-refractivity contribution >= 4 is 75.8 Å². The van der Waals surface area contributed by atoms with Crippen LogP contribution in [0.2, 0.25) is 0 Å². The largest absolute Gasteiger partial charge is 0.368 e. The highest BCUT2D eigenvalue weighted by molar-refractivity contribution is 7.98. The number of benzene rings is 4. The average molecular weight is 1260 g/mol. The van der Waals surface area contributed by atoms with Crippen LogP contribution in [0.15, 0.2) is 115 Å². The van der Waals surface area contributed by atoms with Crippen LogP contribution in [0, 0.1) is 17.8 Å². The molecule has 20 nitrogen and oxygen atoms in total. The molecule has 0 radical (unpaired) electrons. The number of fused-ring (bicyclic) bond motifs is 30. The van der Waals surface area contributed by atoms with Crippen LogP contribution in [-0.4, -0.2) is 167 Å². The summed E-state index contributed by atoms with van der Waals surface area (Å²) in [4.78, 5) is 138. The number of aromatic nitrogens is 1. The highest BCUT2D eigenvalue weighted by Gasteiger charge is 2.34. The normalized spacial score (nSPS) is 20.3. The van der Waals surface area contributed by atoms with E-state index in [1.54, 1.807) is 12.1 Å². The standard InChI is InChI=1S/C70H93N11O9S/c1-48(2)20-29-66(86)79-39-56(17-11-12-31-71)74-63(83)45-81(69(89)36-52-23-24-52)42-59(37-55-38-73-61-19-10-9-18-60(55)61)76-65(85)46-80(68(88)35-51-21-22-51)41-58(34-50-15-7-4-8-16-50)77-70(90)54-27-25-53(26-28-54)47-91-32-30-67(87)78(43-62(72)82)40-57(75-64(84)44-79)33-49-13-5-3-6-14-49/h3-10,13-16,18-19,25-28,38,48,51-52,56-59,73H,11-12,17,20-24,29-37,39-47,71H2,1-2H3,(H2,72,82)(H,74,83)(H,75,84)(H,76,85)(H,77,90)/t56-,57-,58-,59-/m0/s1. The van der Waals surface area contributed by atoms with E-state index in [0.717, 1.165) is 58.8 Å². The van der Waals surface area contributed by atoms with Crippen LogP contribution < -0.4 is 32.7 Å². The lowest BCUT2D eigenvalue weighted by Gasteiger charge is -2.32. The number of primary amides is 1. The number of thioether (sulfide) groups is 1. The van der Waals surface area contributed by atoms with E-state index in [1.807, 2.05) is 117 Å². The van der Waals surface area contributed by atoms with Gasteiger partial charge < -0.3 is 57.3 Å². The second-order valence-electron chi connectivity index (χ2n) is 25.5. The Bertz CT molecular complexity index is 3230. The molecule has 488 valence electrons. The monoisotopic (exact) mass is 1260 g/mol. The number of nitrogens with two attached hydrogens (primary N) is 2. The molecule has 91 heavy (non-hydrogen) atoms. The fourth-order valence-electron chi connectivity index (χ4n) is 11.7. The lowest BCUT2D eigenvalue weighted by atomic mass is 10.0. The molecule has 4 aliphatic rings. The maximum Gasteiger partial charge on any atom is 0.251 e. The lowest BCUT2D eigenvalue weighted by Crippen LogP contribution is -2.55. The Morgan fingerprint density at radius 1 is 0.593 bits per heavy atom. The zero-order valence-corrected chi connectivity index (χ0v) is 53.7. The minimum Gasteiger partial charge on any atom is -0.368 e. The van der Waals surface area contributed by atoms with E-state index >= 15 is 0 Å². The van der Waals surface area contributed by atoms with Crippen LogP contribution in [0.4, 0.5) is 0 Å². The Hall–Kier alpha value is -8.04. The third-order valence-corrected chi connectivity index (χ3v) is 18.0. The molecule has 0 spiro atoms. The van der Waals surface area contributed by atoms with Crippen LogP contribution in [0.1, 0.15) is 124 Å². The van der Waals surface area contributed by atoms with Crippen LogP contribution in [0.25, 0.3) is 10.9 Å². The van der Waals surface area contributed by atoms with Crippen LogP contribution in [-0.2, 0) is 63.4 Å². The quantitative estimate of drug-likeness (QED) is 0.0369. The minimum atomic E-state index is -0.752. The topological polar surface area (TPSA) is 283 Å². The first-order valence-corrected chi connectivity index (χ1v) is 33.7. The molecule has 5 aromatic rings. The molecule has 2 bridgehead atoms. The van der Waals surface area contributed by atoms with Crippen molar-refractivity contribution in [2.75, 3.05) is 64.7 Å². The second-order valence-corrected chi connectivity index (χ2v) is 26.6. The van der Waals surface area contributed by atoms with Crippen molar-refractivity contribution in [2.45, 2.75) is 140 Å². The van der Waals surface area contributed by atoms with Gasteiger partial charge in [0.25, 0.3) is 5.91 Å². The number of amides is 9. The maximum absolute atomic E-state index is 14.9. The highest BCUT2D eigenvalue weighted by atomic mass is 32.2. The summed E-state index contributed by atoms with van der Waals surface area (Å²) in [7, 11) is 0. The van der Waals surface area contributed by atoms with Crippen molar-refractivity contribution in [3.63, 3.8) is 0 Å². The summed E-state index contributed by atoms with van der Waals surface area (Å²) in [6, 6.07) is 31.2. The van der Waals surface area contributed by atoms with Crippen molar-refractivity contribution in [3.8, 4) is 0 Å². The number of unbranched alkanes of at least 4 members (excludes halogenated alkanes) is 1. The van der Waals surface area contributed by atoms with Crippen molar-refractivity contribution in [2.24, 2.45) is 29.2 Å². The maximum atomic E-state index is 14.9. The molecule has 9 N–H and O–H groups in total. The Morgan fingerprint density at radius 3 is 1.66 bits per heavy atom. The van der Waals surface area contributed by atoms with Gasteiger partial charge in [0.05, 0.1) is 44.3 Å². The van der Waals surface area contributed by atoms with Crippen LogP contribution in [0.5, 0.6) is 0 Å². The summed E-state index contributed by atoms with van der Waals surface area (Å²) in [5, 5.41) is 13.6. The van der Waals surface area contributed by atoms with Gasteiger partial charge in [-0.15, -0.1) is 0 Å². The van der Waals surface area contributed by atoms with E-state index in [2.05, 4.69) is 26.3 Å². The summed E-state index contributed by atoms with van der Waals surface area (Å²) >= 11 is 1.50. The number of aromatic amines is 1. The Morgan fingerprint density at radius 2 is 1.11 bits per heavy atom. The highest BCUT2D eigenvalue weighted by Crippen LogP contribution is 2.34. The molecule has 21 heteroatoms. The van der Waals surface area contributed by atoms with E-state index in [-0.39, 0.29) is 138 Å². The van der Waals surface area contributed by atoms with Crippen molar-refractivity contribution in [1.82, 2.24) is 45.9 Å². The predicted octanol–water partition coefficient (Wildman–Crippen LogP) is 6.05. The van der Waals surface area contributed by atoms with Gasteiger partial charge >= 0.3 is 0 Å². The molecule has 3 heterocycles. The lowest BCUT2D eigenvalue weighted by molar-refractivity contribution is -0.139. The molecule has 0 saturated heterocycles. The molecule has 1 aromatic heterocycles. The number of rotatable bonds is 19. The number of hydrogen-bond acceptors (Lipinski definition) is 11. The predicted molar refractivity (Wildman–Crippen MR) is 354 cm³/mol. The third-order valence-electron chi connectivity index (χ3n) is 17.0. The molecular weight excluding hydrogens is 1170 g/mol. The number of nitrogens with one attached hydrogen (secondary N) is 5. The first-order chi connectivity index (χ1) is 43.9. The molecular formula is C70H93N11O9S. The molecule has 2 fully saturated rings.